The molecule has 0 unspecified atom stereocenters. The molecule has 1 N–H and O–H groups in total. The van der Waals surface area contributed by atoms with Crippen molar-refractivity contribution in [1.82, 2.24) is 0 Å². The number of hydrogen-bond acceptors (Lipinski definition) is 1. The molecule has 0 bridgehead atoms. The summed E-state index contributed by atoms with van der Waals surface area (Å²) in [6.45, 7) is 9.11. The minimum absolute atomic E-state index is 0.0995. The molecule has 0 saturated carbocycles. The van der Waals surface area contributed by atoms with Crippen molar-refractivity contribution in [3.8, 4) is 0 Å². The molecule has 0 aliphatic carbocycles. The Kier molecular flexibility index (Phi) is 4.12. The summed E-state index contributed by atoms with van der Waals surface area (Å²) in [6, 6.07) is 13.6. The van der Waals surface area contributed by atoms with E-state index in [2.05, 4.69) is 44.3 Å². The number of nitrogens with one attached hydrogen (secondary N) is 1. The Labute approximate surface area is 120 Å². The third-order valence-electron chi connectivity index (χ3n) is 3.44. The Morgan fingerprint density at radius 3 is 2.40 bits per heavy atom. The molecule has 0 spiro atoms. The largest absolute Gasteiger partial charge is 0.381 e. The first-order valence-corrected chi connectivity index (χ1v) is 6.96. The monoisotopic (exact) mass is 271 g/mol. The highest BCUT2D eigenvalue weighted by molar-refractivity contribution is 5.54. The van der Waals surface area contributed by atoms with E-state index in [4.69, 9.17) is 0 Å². The fourth-order valence-corrected chi connectivity index (χ4v) is 2.31. The van der Waals surface area contributed by atoms with E-state index >= 15 is 0 Å². The van der Waals surface area contributed by atoms with E-state index in [0.29, 0.717) is 12.1 Å². The minimum Gasteiger partial charge on any atom is -0.381 e. The summed E-state index contributed by atoms with van der Waals surface area (Å²) >= 11 is 0. The van der Waals surface area contributed by atoms with Gasteiger partial charge in [-0.3, -0.25) is 0 Å². The van der Waals surface area contributed by atoms with Gasteiger partial charge in [-0.15, -0.1) is 0 Å². The van der Waals surface area contributed by atoms with Crippen LogP contribution in [0, 0.1) is 12.7 Å². The van der Waals surface area contributed by atoms with E-state index in [9.17, 15) is 4.39 Å². The summed E-state index contributed by atoms with van der Waals surface area (Å²) < 4.78 is 13.3. The zero-order valence-corrected chi connectivity index (χ0v) is 12.6. The molecule has 0 radical (unpaired) electrons. The number of benzene rings is 2. The molecule has 0 aromatic heterocycles. The van der Waals surface area contributed by atoms with Gasteiger partial charge in [0.05, 0.1) is 0 Å². The average Bonchev–Trinajstić information content (AvgIpc) is 2.39. The van der Waals surface area contributed by atoms with E-state index < -0.39 is 0 Å². The fourth-order valence-electron chi connectivity index (χ4n) is 2.31. The maximum absolute atomic E-state index is 13.3. The molecule has 20 heavy (non-hydrogen) atoms. The molecule has 0 heterocycles. The van der Waals surface area contributed by atoms with Crippen LogP contribution >= 0.6 is 0 Å². The van der Waals surface area contributed by atoms with Crippen molar-refractivity contribution in [2.75, 3.05) is 5.32 Å². The van der Waals surface area contributed by atoms with Crippen LogP contribution in [-0.4, -0.2) is 0 Å². The molecule has 0 fully saturated rings. The second-order valence-corrected chi connectivity index (χ2v) is 6.23. The first-order valence-electron chi connectivity index (χ1n) is 6.96. The van der Waals surface area contributed by atoms with Crippen molar-refractivity contribution in [3.63, 3.8) is 0 Å². The van der Waals surface area contributed by atoms with Gasteiger partial charge in [-0.25, -0.2) is 4.39 Å². The number of rotatable bonds is 3. The zero-order chi connectivity index (χ0) is 14.8. The smallest absolute Gasteiger partial charge is 0.126 e. The van der Waals surface area contributed by atoms with Gasteiger partial charge in [0.15, 0.2) is 0 Å². The lowest BCUT2D eigenvalue weighted by Gasteiger charge is -2.23. The van der Waals surface area contributed by atoms with E-state index in [1.165, 1.54) is 11.6 Å². The minimum atomic E-state index is -0.149. The second-order valence-electron chi connectivity index (χ2n) is 6.23. The van der Waals surface area contributed by atoms with Crippen LogP contribution in [0.15, 0.2) is 42.5 Å². The molecule has 0 saturated heterocycles. The lowest BCUT2D eigenvalue weighted by Crippen LogP contribution is -2.14. The highest BCUT2D eigenvalue weighted by Crippen LogP contribution is 2.29. The molecule has 2 aromatic rings. The normalized spacial score (nSPS) is 11.4. The van der Waals surface area contributed by atoms with E-state index in [1.807, 2.05) is 18.2 Å². The first kappa shape index (κ1) is 14.6. The zero-order valence-electron chi connectivity index (χ0n) is 12.6. The van der Waals surface area contributed by atoms with Crippen LogP contribution in [0.1, 0.15) is 37.5 Å². The Balaban J connectivity index is 2.17. The van der Waals surface area contributed by atoms with Gasteiger partial charge in [0.25, 0.3) is 0 Å². The SMILES string of the molecule is Cc1cc(CNc2ccccc2C(C)(C)C)ccc1F. The highest BCUT2D eigenvalue weighted by atomic mass is 19.1. The summed E-state index contributed by atoms with van der Waals surface area (Å²) in [6.07, 6.45) is 0. The van der Waals surface area contributed by atoms with Crippen molar-refractivity contribution in [2.45, 2.75) is 39.7 Å². The van der Waals surface area contributed by atoms with Gasteiger partial charge in [0, 0.05) is 12.2 Å². The van der Waals surface area contributed by atoms with Crippen LogP contribution in [0.2, 0.25) is 0 Å². The Morgan fingerprint density at radius 2 is 1.75 bits per heavy atom. The summed E-state index contributed by atoms with van der Waals surface area (Å²) in [7, 11) is 0. The van der Waals surface area contributed by atoms with Gasteiger partial charge in [0.1, 0.15) is 5.82 Å². The molecule has 0 atom stereocenters. The van der Waals surface area contributed by atoms with Crippen LogP contribution in [0.4, 0.5) is 10.1 Å². The van der Waals surface area contributed by atoms with E-state index in [1.54, 1.807) is 6.92 Å². The molecular weight excluding hydrogens is 249 g/mol. The van der Waals surface area contributed by atoms with Crippen LogP contribution < -0.4 is 5.32 Å². The molecule has 1 nitrogen and oxygen atoms in total. The lowest BCUT2D eigenvalue weighted by atomic mass is 9.86. The van der Waals surface area contributed by atoms with Gasteiger partial charge in [-0.2, -0.15) is 0 Å². The van der Waals surface area contributed by atoms with Crippen molar-refractivity contribution in [3.05, 3.63) is 65.0 Å². The highest BCUT2D eigenvalue weighted by Gasteiger charge is 2.17. The van der Waals surface area contributed by atoms with E-state index in [-0.39, 0.29) is 11.2 Å². The number of aryl methyl sites for hydroxylation is 1. The molecule has 2 heteroatoms. The maximum atomic E-state index is 13.3. The van der Waals surface area contributed by atoms with Crippen LogP contribution in [0.3, 0.4) is 0 Å². The molecule has 0 aliphatic heterocycles. The second kappa shape index (κ2) is 5.66. The van der Waals surface area contributed by atoms with Gasteiger partial charge in [-0.05, 0) is 41.2 Å². The van der Waals surface area contributed by atoms with Crippen molar-refractivity contribution in [2.24, 2.45) is 0 Å². The summed E-state index contributed by atoms with van der Waals surface area (Å²) in [5.74, 6) is -0.149. The summed E-state index contributed by atoms with van der Waals surface area (Å²) in [5, 5.41) is 3.46. The number of anilines is 1. The van der Waals surface area contributed by atoms with Crippen molar-refractivity contribution < 1.29 is 4.39 Å². The van der Waals surface area contributed by atoms with Gasteiger partial charge >= 0.3 is 0 Å². The molecule has 0 amide bonds. The number of para-hydroxylation sites is 1. The third-order valence-corrected chi connectivity index (χ3v) is 3.44. The van der Waals surface area contributed by atoms with Crippen LogP contribution in [0.5, 0.6) is 0 Å². The number of halogens is 1. The van der Waals surface area contributed by atoms with Gasteiger partial charge in [-0.1, -0.05) is 51.1 Å². The van der Waals surface area contributed by atoms with Crippen molar-refractivity contribution >= 4 is 5.69 Å². The van der Waals surface area contributed by atoms with E-state index in [0.717, 1.165) is 11.3 Å². The Bertz CT molecular complexity index is 597. The predicted molar refractivity (Wildman–Crippen MR) is 83.6 cm³/mol. The summed E-state index contributed by atoms with van der Waals surface area (Å²) in [5.41, 5.74) is 4.31. The molecular formula is C18H22FN. The Morgan fingerprint density at radius 1 is 1.05 bits per heavy atom. The molecule has 2 aromatic carbocycles. The quantitative estimate of drug-likeness (QED) is 0.824. The molecule has 106 valence electrons. The Hall–Kier alpha value is -1.83. The maximum Gasteiger partial charge on any atom is 0.126 e. The molecule has 2 rings (SSSR count). The molecule has 0 aliphatic rings. The van der Waals surface area contributed by atoms with Gasteiger partial charge < -0.3 is 5.32 Å². The standard InChI is InChI=1S/C18H22FN/c1-13-11-14(9-10-16(13)19)12-20-17-8-6-5-7-15(17)18(2,3)4/h5-11,20H,12H2,1-4H3. The fraction of sp³-hybridized carbons (Fsp3) is 0.333. The average molecular weight is 271 g/mol. The summed E-state index contributed by atoms with van der Waals surface area (Å²) in [4.78, 5) is 0. The first-order chi connectivity index (χ1) is 9.38. The lowest BCUT2D eigenvalue weighted by molar-refractivity contribution is 0.591. The topological polar surface area (TPSA) is 12.0 Å². The van der Waals surface area contributed by atoms with Gasteiger partial charge in [0.2, 0.25) is 0 Å². The van der Waals surface area contributed by atoms with Crippen molar-refractivity contribution in [1.29, 1.82) is 0 Å². The predicted octanol–water partition coefficient (Wildman–Crippen LogP) is 5.04. The van der Waals surface area contributed by atoms with Crippen LogP contribution in [0.25, 0.3) is 0 Å². The third kappa shape index (κ3) is 3.38. The van der Waals surface area contributed by atoms with Crippen LogP contribution in [-0.2, 0) is 12.0 Å². The number of hydrogen-bond donors (Lipinski definition) is 1.